The quantitative estimate of drug-likeness (QED) is 0.0527. The fourth-order valence-corrected chi connectivity index (χ4v) is 5.83. The van der Waals surface area contributed by atoms with Gasteiger partial charge in [-0.1, -0.05) is 154 Å². The summed E-state index contributed by atoms with van der Waals surface area (Å²) in [6.07, 6.45) is 45.7. The van der Waals surface area contributed by atoms with Gasteiger partial charge < -0.3 is 19.5 Å². The molecule has 0 radical (unpaired) electrons. The molecule has 0 saturated carbocycles. The minimum absolute atomic E-state index is 0.169. The van der Waals surface area contributed by atoms with Crippen LogP contribution in [0.1, 0.15) is 201 Å². The van der Waals surface area contributed by atoms with Gasteiger partial charge in [0.25, 0.3) is 0 Å². The van der Waals surface area contributed by atoms with E-state index in [0.29, 0.717) is 19.8 Å². The number of amides is 1. The molecule has 1 amide bonds. The van der Waals surface area contributed by atoms with E-state index >= 15 is 0 Å². The van der Waals surface area contributed by atoms with Crippen molar-refractivity contribution in [2.75, 3.05) is 33.0 Å². The van der Waals surface area contributed by atoms with Gasteiger partial charge in [0.2, 0.25) is 0 Å². The molecule has 5 nitrogen and oxygen atoms in total. The number of allylic oxidation sites excluding steroid dienone is 4. The molecule has 0 spiro atoms. The number of carbonyl (C=O) groups is 1. The van der Waals surface area contributed by atoms with E-state index in [4.69, 9.17) is 14.2 Å². The number of rotatable bonds is 38. The van der Waals surface area contributed by atoms with Crippen molar-refractivity contribution in [3.05, 3.63) is 24.3 Å². The standard InChI is InChI=1S/C42H81NO4/c1-4-7-9-11-13-15-17-19-21-23-25-27-29-31-33-35-37-45-39-41(43-42(44)47-6-3)40-46-38-36-34-32-30-28-26-24-22-20-18-16-14-12-10-8-5-2/h19-22,41H,4-18,23-40H2,1-3H3,(H,43,44)/b21-19-,22-20-. The van der Waals surface area contributed by atoms with E-state index in [-0.39, 0.29) is 12.1 Å². The molecule has 278 valence electrons. The van der Waals surface area contributed by atoms with Gasteiger partial charge >= 0.3 is 6.09 Å². The number of alkyl carbamates (subject to hydrolysis) is 1. The second kappa shape index (κ2) is 40.8. The third-order valence-corrected chi connectivity index (χ3v) is 8.84. The van der Waals surface area contributed by atoms with Crippen molar-refractivity contribution in [1.29, 1.82) is 0 Å². The monoisotopic (exact) mass is 664 g/mol. The lowest BCUT2D eigenvalue weighted by molar-refractivity contribution is 0.0497. The summed E-state index contributed by atoms with van der Waals surface area (Å²) >= 11 is 0. The van der Waals surface area contributed by atoms with Crippen molar-refractivity contribution in [3.63, 3.8) is 0 Å². The largest absolute Gasteiger partial charge is 0.450 e. The zero-order chi connectivity index (χ0) is 34.1. The van der Waals surface area contributed by atoms with Crippen LogP contribution in [0.25, 0.3) is 0 Å². The molecule has 0 bridgehead atoms. The van der Waals surface area contributed by atoms with E-state index in [9.17, 15) is 4.79 Å². The summed E-state index contributed by atoms with van der Waals surface area (Å²) in [6, 6.07) is -0.169. The highest BCUT2D eigenvalue weighted by atomic mass is 16.5. The Bertz CT molecular complexity index is 619. The molecule has 0 rings (SSSR count). The number of nitrogens with one attached hydrogen (secondary N) is 1. The normalized spacial score (nSPS) is 11.8. The van der Waals surface area contributed by atoms with Crippen LogP contribution in [0.15, 0.2) is 24.3 Å². The summed E-state index contributed by atoms with van der Waals surface area (Å²) in [5.74, 6) is 0. The van der Waals surface area contributed by atoms with Crippen LogP contribution >= 0.6 is 0 Å². The molecular weight excluding hydrogens is 582 g/mol. The Labute approximate surface area is 293 Å². The number of hydrogen-bond donors (Lipinski definition) is 1. The van der Waals surface area contributed by atoms with Gasteiger partial charge in [-0.05, 0) is 71.1 Å². The van der Waals surface area contributed by atoms with Crippen LogP contribution in [0.3, 0.4) is 0 Å². The van der Waals surface area contributed by atoms with Crippen LogP contribution in [-0.2, 0) is 14.2 Å². The van der Waals surface area contributed by atoms with Gasteiger partial charge in [0.15, 0.2) is 0 Å². The number of carbonyl (C=O) groups excluding carboxylic acids is 1. The number of ether oxygens (including phenoxy) is 3. The van der Waals surface area contributed by atoms with Crippen molar-refractivity contribution in [2.45, 2.75) is 207 Å². The van der Waals surface area contributed by atoms with Crippen LogP contribution in [-0.4, -0.2) is 45.2 Å². The van der Waals surface area contributed by atoms with Crippen LogP contribution in [0, 0.1) is 0 Å². The Hall–Kier alpha value is -1.33. The highest BCUT2D eigenvalue weighted by Gasteiger charge is 2.13. The zero-order valence-corrected chi connectivity index (χ0v) is 31.9. The number of unbranched alkanes of at least 4 members (excludes halogenated alkanes) is 24. The zero-order valence-electron chi connectivity index (χ0n) is 31.9. The first-order chi connectivity index (χ1) is 23.2. The van der Waals surface area contributed by atoms with E-state index in [0.717, 1.165) is 26.1 Å². The molecule has 0 aromatic rings. The summed E-state index contributed by atoms with van der Waals surface area (Å²) in [5.41, 5.74) is 0. The highest BCUT2D eigenvalue weighted by Crippen LogP contribution is 2.12. The van der Waals surface area contributed by atoms with Crippen LogP contribution in [0.2, 0.25) is 0 Å². The first-order valence-electron chi connectivity index (χ1n) is 20.6. The van der Waals surface area contributed by atoms with Crippen molar-refractivity contribution < 1.29 is 19.0 Å². The fraction of sp³-hybridized carbons (Fsp3) is 0.881. The molecule has 0 atom stereocenters. The average Bonchev–Trinajstić information content (AvgIpc) is 3.07. The van der Waals surface area contributed by atoms with Gasteiger partial charge in [0.05, 0.1) is 25.9 Å². The van der Waals surface area contributed by atoms with Crippen molar-refractivity contribution in [3.8, 4) is 0 Å². The predicted octanol–water partition coefficient (Wildman–Crippen LogP) is 13.2. The van der Waals surface area contributed by atoms with Gasteiger partial charge in [-0.15, -0.1) is 0 Å². The maximum absolute atomic E-state index is 12.0. The molecule has 5 heteroatoms. The Kier molecular flexibility index (Phi) is 39.7. The van der Waals surface area contributed by atoms with E-state index < -0.39 is 0 Å². The van der Waals surface area contributed by atoms with Gasteiger partial charge in [0, 0.05) is 13.2 Å². The van der Waals surface area contributed by atoms with Crippen molar-refractivity contribution in [2.24, 2.45) is 0 Å². The highest BCUT2D eigenvalue weighted by molar-refractivity contribution is 5.67. The Morgan fingerprint density at radius 1 is 0.468 bits per heavy atom. The van der Waals surface area contributed by atoms with E-state index in [1.165, 1.54) is 167 Å². The van der Waals surface area contributed by atoms with Gasteiger partial charge in [0.1, 0.15) is 0 Å². The minimum Gasteiger partial charge on any atom is -0.450 e. The van der Waals surface area contributed by atoms with Crippen molar-refractivity contribution >= 4 is 6.09 Å². The molecule has 47 heavy (non-hydrogen) atoms. The summed E-state index contributed by atoms with van der Waals surface area (Å²) in [6.45, 7) is 9.15. The van der Waals surface area contributed by atoms with E-state index in [1.54, 1.807) is 0 Å². The van der Waals surface area contributed by atoms with Crippen LogP contribution < -0.4 is 5.32 Å². The maximum atomic E-state index is 12.0. The minimum atomic E-state index is -0.390. The van der Waals surface area contributed by atoms with Crippen LogP contribution in [0.5, 0.6) is 0 Å². The lowest BCUT2D eigenvalue weighted by Gasteiger charge is -2.19. The lowest BCUT2D eigenvalue weighted by atomic mass is 10.1. The molecule has 0 saturated heterocycles. The topological polar surface area (TPSA) is 56.8 Å². The third-order valence-electron chi connectivity index (χ3n) is 8.84. The first kappa shape index (κ1) is 45.7. The Morgan fingerprint density at radius 3 is 1.13 bits per heavy atom. The molecule has 0 aromatic heterocycles. The number of hydrogen-bond acceptors (Lipinski definition) is 4. The van der Waals surface area contributed by atoms with Gasteiger partial charge in [-0.25, -0.2) is 4.79 Å². The fourth-order valence-electron chi connectivity index (χ4n) is 5.83. The summed E-state index contributed by atoms with van der Waals surface area (Å²) in [5, 5.41) is 2.91. The molecule has 0 aliphatic carbocycles. The molecule has 0 aromatic carbocycles. The third kappa shape index (κ3) is 39.0. The maximum Gasteiger partial charge on any atom is 0.407 e. The molecule has 0 aliphatic rings. The molecule has 0 heterocycles. The molecule has 1 N–H and O–H groups in total. The smallest absolute Gasteiger partial charge is 0.407 e. The molecule has 0 fully saturated rings. The molecule has 0 unspecified atom stereocenters. The summed E-state index contributed by atoms with van der Waals surface area (Å²) in [4.78, 5) is 12.0. The second-order valence-electron chi connectivity index (χ2n) is 13.6. The summed E-state index contributed by atoms with van der Waals surface area (Å²) in [7, 11) is 0. The van der Waals surface area contributed by atoms with Crippen molar-refractivity contribution in [1.82, 2.24) is 5.32 Å². The average molecular weight is 664 g/mol. The van der Waals surface area contributed by atoms with Gasteiger partial charge in [-0.2, -0.15) is 0 Å². The molecule has 0 aliphatic heterocycles. The first-order valence-corrected chi connectivity index (χ1v) is 20.6. The second-order valence-corrected chi connectivity index (χ2v) is 13.6. The summed E-state index contributed by atoms with van der Waals surface area (Å²) < 4.78 is 16.9. The van der Waals surface area contributed by atoms with Gasteiger partial charge in [-0.3, -0.25) is 0 Å². The lowest BCUT2D eigenvalue weighted by Crippen LogP contribution is -2.42. The Balaban J connectivity index is 3.69. The van der Waals surface area contributed by atoms with E-state index in [1.807, 2.05) is 6.92 Å². The van der Waals surface area contributed by atoms with Crippen LogP contribution in [0.4, 0.5) is 4.79 Å². The van der Waals surface area contributed by atoms with E-state index in [2.05, 4.69) is 43.5 Å². The molecular formula is C42H81NO4. The predicted molar refractivity (Wildman–Crippen MR) is 204 cm³/mol. The SMILES string of the molecule is CCCCCCCC/C=C\CCCCCCCCOCC(COCCCCCCCC/C=C\CCCCCCCC)NC(=O)OCC. The Morgan fingerprint density at radius 2 is 0.787 bits per heavy atom.